The van der Waals surface area contributed by atoms with Crippen molar-refractivity contribution in [1.82, 2.24) is 5.43 Å². The molecule has 0 spiro atoms. The van der Waals surface area contributed by atoms with Gasteiger partial charge in [-0.1, -0.05) is 45.2 Å². The molecule has 2 N–H and O–H groups in total. The van der Waals surface area contributed by atoms with Crippen LogP contribution in [-0.2, 0) is 6.61 Å². The van der Waals surface area contributed by atoms with E-state index in [4.69, 9.17) is 32.7 Å². The molecule has 33 heavy (non-hydrogen) atoms. The fourth-order valence-electron chi connectivity index (χ4n) is 2.68. The van der Waals surface area contributed by atoms with E-state index in [0.29, 0.717) is 40.5 Å². The predicted octanol–water partition coefficient (Wildman–Crippen LogP) is 7.34. The summed E-state index contributed by atoms with van der Waals surface area (Å²) < 4.78 is 13.0. The van der Waals surface area contributed by atoms with Gasteiger partial charge in [0.2, 0.25) is 0 Å². The van der Waals surface area contributed by atoms with Gasteiger partial charge in [-0.05, 0) is 68.3 Å². The molecule has 0 heterocycles. The zero-order chi connectivity index (χ0) is 24.1. The van der Waals surface area contributed by atoms with E-state index in [9.17, 15) is 9.90 Å². The number of hydrogen-bond donors (Lipinski definition) is 2. The number of halogens is 5. The number of rotatable bonds is 7. The molecule has 0 radical (unpaired) electrons. The van der Waals surface area contributed by atoms with Crippen LogP contribution in [-0.4, -0.2) is 24.3 Å². The molecule has 0 saturated carbocycles. The molecule has 11 heteroatoms. The first kappa shape index (κ1) is 25.8. The fourth-order valence-corrected chi connectivity index (χ4v) is 4.79. The van der Waals surface area contributed by atoms with Crippen LogP contribution < -0.4 is 14.9 Å². The van der Waals surface area contributed by atoms with Crippen molar-refractivity contribution in [2.45, 2.75) is 6.61 Å². The highest BCUT2D eigenvalue weighted by Crippen LogP contribution is 2.34. The quantitative estimate of drug-likeness (QED) is 0.202. The fraction of sp³-hybridized carbons (Fsp3) is 0.0909. The minimum atomic E-state index is -0.575. The molecule has 0 fully saturated rings. The van der Waals surface area contributed by atoms with E-state index < -0.39 is 5.91 Å². The van der Waals surface area contributed by atoms with Gasteiger partial charge in [0.1, 0.15) is 12.4 Å². The SMILES string of the molecule is COc1cc(C=NNC(=O)c2cc(Br)cc(Br)c2O)c(Br)cc1OCc1ccc(Cl)cc1Cl. The first-order valence-corrected chi connectivity index (χ1v) is 12.3. The number of ether oxygens (including phenoxy) is 2. The number of aromatic hydroxyl groups is 1. The van der Waals surface area contributed by atoms with Crippen LogP contribution in [0.5, 0.6) is 17.2 Å². The minimum Gasteiger partial charge on any atom is -0.506 e. The molecule has 0 aliphatic rings. The Hall–Kier alpha value is -1.78. The number of benzene rings is 3. The van der Waals surface area contributed by atoms with Crippen molar-refractivity contribution in [3.63, 3.8) is 0 Å². The summed E-state index contributed by atoms with van der Waals surface area (Å²) in [6, 6.07) is 11.7. The molecular formula is C22H15Br3Cl2N2O4. The molecule has 0 aliphatic carbocycles. The molecule has 0 atom stereocenters. The Labute approximate surface area is 225 Å². The molecule has 172 valence electrons. The van der Waals surface area contributed by atoms with Gasteiger partial charge in [0.15, 0.2) is 11.5 Å². The number of nitrogens with one attached hydrogen (secondary N) is 1. The number of phenolic OH excluding ortho intramolecular Hbond substituents is 1. The van der Waals surface area contributed by atoms with E-state index in [2.05, 4.69) is 58.3 Å². The van der Waals surface area contributed by atoms with Crippen molar-refractivity contribution in [2.75, 3.05) is 7.11 Å². The van der Waals surface area contributed by atoms with Crippen molar-refractivity contribution in [1.29, 1.82) is 0 Å². The van der Waals surface area contributed by atoms with Crippen LogP contribution in [0.2, 0.25) is 10.0 Å². The third-order valence-corrected chi connectivity index (χ3v) is 6.66. The minimum absolute atomic E-state index is 0.0645. The summed E-state index contributed by atoms with van der Waals surface area (Å²) >= 11 is 22.1. The summed E-state index contributed by atoms with van der Waals surface area (Å²) in [4.78, 5) is 12.4. The van der Waals surface area contributed by atoms with E-state index in [1.54, 1.807) is 36.4 Å². The molecule has 0 unspecified atom stereocenters. The second-order valence-corrected chi connectivity index (χ2v) is 10.00. The monoisotopic (exact) mass is 678 g/mol. The highest BCUT2D eigenvalue weighted by atomic mass is 79.9. The van der Waals surface area contributed by atoms with Gasteiger partial charge in [-0.15, -0.1) is 0 Å². The predicted molar refractivity (Wildman–Crippen MR) is 140 cm³/mol. The number of phenols is 1. The van der Waals surface area contributed by atoms with Gasteiger partial charge >= 0.3 is 0 Å². The summed E-state index contributed by atoms with van der Waals surface area (Å²) in [6.45, 7) is 0.216. The van der Waals surface area contributed by atoms with Gasteiger partial charge in [0.05, 0.1) is 23.4 Å². The average Bonchev–Trinajstić information content (AvgIpc) is 2.76. The molecule has 3 rings (SSSR count). The zero-order valence-electron chi connectivity index (χ0n) is 16.8. The van der Waals surface area contributed by atoms with Gasteiger partial charge in [-0.2, -0.15) is 5.10 Å². The number of methoxy groups -OCH3 is 1. The van der Waals surface area contributed by atoms with Crippen molar-refractivity contribution in [3.8, 4) is 17.2 Å². The van der Waals surface area contributed by atoms with E-state index in [0.717, 1.165) is 5.56 Å². The third-order valence-electron chi connectivity index (χ3n) is 4.32. The van der Waals surface area contributed by atoms with Crippen LogP contribution in [0.3, 0.4) is 0 Å². The number of hydrogen-bond acceptors (Lipinski definition) is 5. The lowest BCUT2D eigenvalue weighted by molar-refractivity contribution is 0.0952. The lowest BCUT2D eigenvalue weighted by Gasteiger charge is -2.13. The highest BCUT2D eigenvalue weighted by Gasteiger charge is 2.15. The maximum atomic E-state index is 12.4. The second-order valence-electron chi connectivity index (χ2n) is 6.53. The van der Waals surface area contributed by atoms with Gasteiger partial charge < -0.3 is 14.6 Å². The Morgan fingerprint density at radius 2 is 1.85 bits per heavy atom. The number of carbonyl (C=O) groups is 1. The summed E-state index contributed by atoms with van der Waals surface area (Å²) in [5.41, 5.74) is 3.86. The Morgan fingerprint density at radius 3 is 2.55 bits per heavy atom. The molecule has 0 aromatic heterocycles. The van der Waals surface area contributed by atoms with Gasteiger partial charge in [0.25, 0.3) is 5.91 Å². The van der Waals surface area contributed by atoms with Crippen LogP contribution in [0.1, 0.15) is 21.5 Å². The van der Waals surface area contributed by atoms with Gasteiger partial charge in [0, 0.05) is 30.1 Å². The molecule has 0 aliphatic heterocycles. The third kappa shape index (κ3) is 6.64. The van der Waals surface area contributed by atoms with Crippen molar-refractivity contribution < 1.29 is 19.4 Å². The van der Waals surface area contributed by atoms with Crippen LogP contribution >= 0.6 is 71.0 Å². The molecule has 1 amide bonds. The molecule has 3 aromatic rings. The normalized spacial score (nSPS) is 11.0. The Kier molecular flexibility index (Phi) is 9.06. The molecule has 0 bridgehead atoms. The van der Waals surface area contributed by atoms with E-state index >= 15 is 0 Å². The summed E-state index contributed by atoms with van der Waals surface area (Å²) in [6.07, 6.45) is 1.44. The second kappa shape index (κ2) is 11.6. The molecule has 0 saturated heterocycles. The standard InChI is InChI=1S/C22H15Br3Cl2N2O4/c1-32-19-4-12(9-28-29-22(31)15-5-13(23)6-17(25)21(15)30)16(24)8-20(19)33-10-11-2-3-14(26)7-18(11)27/h2-9,30H,10H2,1H3,(H,29,31). The van der Waals surface area contributed by atoms with E-state index in [-0.39, 0.29) is 17.9 Å². The first-order valence-electron chi connectivity index (χ1n) is 9.15. The van der Waals surface area contributed by atoms with Gasteiger partial charge in [-0.3, -0.25) is 4.79 Å². The van der Waals surface area contributed by atoms with E-state index in [1.807, 2.05) is 0 Å². The molecule has 6 nitrogen and oxygen atoms in total. The van der Waals surface area contributed by atoms with Crippen molar-refractivity contribution >= 4 is 83.1 Å². The summed E-state index contributed by atoms with van der Waals surface area (Å²) in [5, 5.41) is 15.1. The lowest BCUT2D eigenvalue weighted by Crippen LogP contribution is -2.18. The number of amides is 1. The lowest BCUT2D eigenvalue weighted by atomic mass is 10.2. The largest absolute Gasteiger partial charge is 0.506 e. The maximum absolute atomic E-state index is 12.4. The number of hydrazone groups is 1. The maximum Gasteiger partial charge on any atom is 0.275 e. The van der Waals surface area contributed by atoms with E-state index in [1.165, 1.54) is 19.4 Å². The Balaban J connectivity index is 1.74. The molecular weight excluding hydrogens is 667 g/mol. The summed E-state index contributed by atoms with van der Waals surface area (Å²) in [5.74, 6) is 0.190. The van der Waals surface area contributed by atoms with Gasteiger partial charge in [-0.25, -0.2) is 5.43 Å². The number of nitrogens with zero attached hydrogens (tertiary/aromatic N) is 1. The van der Waals surface area contributed by atoms with Crippen LogP contribution in [0.25, 0.3) is 0 Å². The smallest absolute Gasteiger partial charge is 0.275 e. The highest BCUT2D eigenvalue weighted by molar-refractivity contribution is 9.11. The topological polar surface area (TPSA) is 80.2 Å². The summed E-state index contributed by atoms with van der Waals surface area (Å²) in [7, 11) is 1.52. The zero-order valence-corrected chi connectivity index (χ0v) is 23.1. The van der Waals surface area contributed by atoms with Crippen LogP contribution in [0.4, 0.5) is 0 Å². The number of carbonyl (C=O) groups excluding carboxylic acids is 1. The van der Waals surface area contributed by atoms with Crippen molar-refractivity contribution in [3.05, 3.63) is 82.6 Å². The van der Waals surface area contributed by atoms with Crippen molar-refractivity contribution in [2.24, 2.45) is 5.10 Å². The molecule has 3 aromatic carbocycles. The van der Waals surface area contributed by atoms with Crippen LogP contribution in [0, 0.1) is 0 Å². The van der Waals surface area contributed by atoms with Crippen LogP contribution in [0.15, 0.2) is 61.0 Å². The first-order chi connectivity index (χ1) is 15.7. The Bertz CT molecular complexity index is 1240. The Morgan fingerprint density at radius 1 is 1.09 bits per heavy atom. The average molecular weight is 682 g/mol.